The third-order valence-electron chi connectivity index (χ3n) is 2.65. The molecule has 0 bridgehead atoms. The van der Waals surface area contributed by atoms with E-state index < -0.39 is 0 Å². The van der Waals surface area contributed by atoms with Crippen LogP contribution in [0.3, 0.4) is 0 Å². The van der Waals surface area contributed by atoms with Crippen LogP contribution < -0.4 is 0 Å². The van der Waals surface area contributed by atoms with Gasteiger partial charge in [0.1, 0.15) is 0 Å². The fourth-order valence-electron chi connectivity index (χ4n) is 1.51. The quantitative estimate of drug-likeness (QED) is 0.475. The molecular weight excluding hydrogens is 200 g/mol. The largest absolute Gasteiger partial charge is 0.174 e. The van der Waals surface area contributed by atoms with Gasteiger partial charge in [0, 0.05) is 10.6 Å². The van der Waals surface area contributed by atoms with Gasteiger partial charge in [0.2, 0.25) is 0 Å². The van der Waals surface area contributed by atoms with E-state index in [1.54, 1.807) is 0 Å². The molecule has 0 N–H and O–H groups in total. The first-order chi connectivity index (χ1) is 6.11. The van der Waals surface area contributed by atoms with Gasteiger partial charge in [-0.15, -0.1) is 11.6 Å². The summed E-state index contributed by atoms with van der Waals surface area (Å²) in [5.41, 5.74) is 0. The molecule has 0 saturated carbocycles. The van der Waals surface area contributed by atoms with Crippen LogP contribution in [0.1, 0.15) is 52.9 Å². The predicted octanol–water partition coefficient (Wildman–Crippen LogP) is 4.52. The molecule has 0 radical (unpaired) electrons. The number of hydrogen-bond acceptors (Lipinski definition) is 1. The zero-order chi connectivity index (χ0) is 10.3. The van der Waals surface area contributed by atoms with E-state index in [0.717, 1.165) is 5.92 Å². The Balaban J connectivity index is 3.69. The molecule has 0 amide bonds. The summed E-state index contributed by atoms with van der Waals surface area (Å²) in [6.07, 6.45) is 6.42. The number of alkyl halides is 1. The third-order valence-corrected chi connectivity index (χ3v) is 3.79. The Hall–Kier alpha value is 0.640. The summed E-state index contributed by atoms with van der Waals surface area (Å²) < 4.78 is 0. The highest BCUT2D eigenvalue weighted by atomic mass is 35.5. The van der Waals surface area contributed by atoms with E-state index >= 15 is 0 Å². The Morgan fingerprint density at radius 2 is 1.92 bits per heavy atom. The summed E-state index contributed by atoms with van der Waals surface area (Å²) in [6, 6.07) is 0. The summed E-state index contributed by atoms with van der Waals surface area (Å²) in [7, 11) is 0. The van der Waals surface area contributed by atoms with Crippen molar-refractivity contribution in [1.82, 2.24) is 0 Å². The highest BCUT2D eigenvalue weighted by Gasteiger charge is 2.15. The van der Waals surface area contributed by atoms with Crippen LogP contribution >= 0.6 is 24.2 Å². The smallest absolute Gasteiger partial charge is 0.0424 e. The first kappa shape index (κ1) is 13.6. The molecule has 0 fully saturated rings. The average Bonchev–Trinajstić information content (AvgIpc) is 2.11. The van der Waals surface area contributed by atoms with Crippen LogP contribution in [0.25, 0.3) is 0 Å². The monoisotopic (exact) mass is 222 g/mol. The Morgan fingerprint density at radius 3 is 2.31 bits per heavy atom. The topological polar surface area (TPSA) is 0 Å². The van der Waals surface area contributed by atoms with Crippen LogP contribution in [0.2, 0.25) is 0 Å². The van der Waals surface area contributed by atoms with Crippen molar-refractivity contribution in [3.63, 3.8) is 0 Å². The lowest BCUT2D eigenvalue weighted by atomic mass is 9.93. The molecule has 0 spiro atoms. The highest BCUT2D eigenvalue weighted by Crippen LogP contribution is 2.24. The van der Waals surface area contributed by atoms with Crippen molar-refractivity contribution in [1.29, 1.82) is 0 Å². The maximum atomic E-state index is 5.99. The molecule has 0 rings (SSSR count). The van der Waals surface area contributed by atoms with E-state index in [2.05, 4.69) is 26.5 Å². The maximum Gasteiger partial charge on any atom is 0.0424 e. The summed E-state index contributed by atoms with van der Waals surface area (Å²) in [5.74, 6) is 0.823. The van der Waals surface area contributed by atoms with Crippen LogP contribution in [-0.4, -0.2) is 10.6 Å². The van der Waals surface area contributed by atoms with Crippen molar-refractivity contribution in [2.75, 3.05) is 0 Å². The van der Waals surface area contributed by atoms with E-state index in [9.17, 15) is 0 Å². The average molecular weight is 223 g/mol. The van der Waals surface area contributed by atoms with E-state index in [0.29, 0.717) is 5.25 Å². The minimum atomic E-state index is 0.194. The number of halogens is 1. The SMILES string of the molecule is CCCCC(CC)CC(S)C(C)Cl. The van der Waals surface area contributed by atoms with Gasteiger partial charge in [-0.3, -0.25) is 0 Å². The van der Waals surface area contributed by atoms with Crippen molar-refractivity contribution in [2.45, 2.75) is 63.5 Å². The molecule has 80 valence electrons. The maximum absolute atomic E-state index is 5.99. The van der Waals surface area contributed by atoms with Crippen LogP contribution in [0, 0.1) is 5.92 Å². The van der Waals surface area contributed by atoms with Crippen molar-refractivity contribution in [3.8, 4) is 0 Å². The summed E-state index contributed by atoms with van der Waals surface area (Å²) in [6.45, 7) is 6.54. The minimum absolute atomic E-state index is 0.194. The molecule has 0 aromatic heterocycles. The third kappa shape index (κ3) is 6.68. The summed E-state index contributed by atoms with van der Waals surface area (Å²) in [5, 5.41) is 0.558. The van der Waals surface area contributed by atoms with E-state index in [-0.39, 0.29) is 5.38 Å². The van der Waals surface area contributed by atoms with Gasteiger partial charge in [-0.1, -0.05) is 39.5 Å². The molecule has 0 saturated heterocycles. The van der Waals surface area contributed by atoms with Crippen LogP contribution in [0.5, 0.6) is 0 Å². The molecule has 2 heteroatoms. The summed E-state index contributed by atoms with van der Waals surface area (Å²) in [4.78, 5) is 0. The summed E-state index contributed by atoms with van der Waals surface area (Å²) >= 11 is 10.5. The van der Waals surface area contributed by atoms with Gasteiger partial charge < -0.3 is 0 Å². The van der Waals surface area contributed by atoms with Crippen molar-refractivity contribution in [3.05, 3.63) is 0 Å². The number of thiol groups is 1. The zero-order valence-electron chi connectivity index (χ0n) is 9.09. The highest BCUT2D eigenvalue weighted by molar-refractivity contribution is 7.81. The normalized spacial score (nSPS) is 18.2. The Morgan fingerprint density at radius 1 is 1.31 bits per heavy atom. The second kappa shape index (κ2) is 7.99. The lowest BCUT2D eigenvalue weighted by Crippen LogP contribution is -2.16. The molecule has 0 nitrogen and oxygen atoms in total. The van der Waals surface area contributed by atoms with Crippen molar-refractivity contribution in [2.24, 2.45) is 5.92 Å². The van der Waals surface area contributed by atoms with Gasteiger partial charge >= 0.3 is 0 Å². The Kier molecular flexibility index (Phi) is 8.38. The van der Waals surface area contributed by atoms with Gasteiger partial charge in [0.05, 0.1) is 0 Å². The van der Waals surface area contributed by atoms with Gasteiger partial charge in [0.15, 0.2) is 0 Å². The van der Waals surface area contributed by atoms with E-state index in [1.165, 1.54) is 32.1 Å². The molecule has 3 atom stereocenters. The molecule has 3 unspecified atom stereocenters. The van der Waals surface area contributed by atoms with Gasteiger partial charge in [0.25, 0.3) is 0 Å². The molecule has 0 aromatic rings. The molecule has 0 heterocycles. The van der Waals surface area contributed by atoms with E-state index in [1.807, 2.05) is 6.92 Å². The predicted molar refractivity (Wildman–Crippen MR) is 66.0 cm³/mol. The minimum Gasteiger partial charge on any atom is -0.174 e. The van der Waals surface area contributed by atoms with E-state index in [4.69, 9.17) is 11.6 Å². The number of unbranched alkanes of at least 4 members (excludes halogenated alkanes) is 1. The molecule has 0 aliphatic heterocycles. The molecule has 0 aromatic carbocycles. The standard InChI is InChI=1S/C11H23ClS/c1-4-6-7-10(5-2)8-11(13)9(3)12/h9-11,13H,4-8H2,1-3H3. The second-order valence-electron chi connectivity index (χ2n) is 3.90. The molecule has 0 aliphatic rings. The lowest BCUT2D eigenvalue weighted by molar-refractivity contribution is 0.415. The van der Waals surface area contributed by atoms with Gasteiger partial charge in [-0.2, -0.15) is 12.6 Å². The molecule has 13 heavy (non-hydrogen) atoms. The zero-order valence-corrected chi connectivity index (χ0v) is 10.7. The first-order valence-electron chi connectivity index (χ1n) is 5.43. The van der Waals surface area contributed by atoms with Gasteiger partial charge in [-0.25, -0.2) is 0 Å². The molecular formula is C11H23ClS. The second-order valence-corrected chi connectivity index (χ2v) is 5.25. The fraction of sp³-hybridized carbons (Fsp3) is 1.00. The van der Waals surface area contributed by atoms with Crippen LogP contribution in [-0.2, 0) is 0 Å². The molecule has 0 aliphatic carbocycles. The van der Waals surface area contributed by atoms with Crippen LogP contribution in [0.4, 0.5) is 0 Å². The lowest BCUT2D eigenvalue weighted by Gasteiger charge is -2.20. The van der Waals surface area contributed by atoms with Gasteiger partial charge in [-0.05, 0) is 19.3 Å². The first-order valence-corrected chi connectivity index (χ1v) is 6.39. The number of rotatable bonds is 7. The fourth-order valence-corrected chi connectivity index (χ4v) is 1.91. The Bertz CT molecular complexity index is 115. The number of hydrogen-bond donors (Lipinski definition) is 1. The van der Waals surface area contributed by atoms with Crippen molar-refractivity contribution < 1.29 is 0 Å². The Labute approximate surface area is 93.8 Å². The van der Waals surface area contributed by atoms with Crippen LogP contribution in [0.15, 0.2) is 0 Å². The van der Waals surface area contributed by atoms with Crippen molar-refractivity contribution >= 4 is 24.2 Å².